The minimum atomic E-state index is -1.28. The highest BCUT2D eigenvalue weighted by molar-refractivity contribution is 6.22. The summed E-state index contributed by atoms with van der Waals surface area (Å²) in [5.41, 5.74) is 0. The molecule has 3 amide bonds. The summed E-state index contributed by atoms with van der Waals surface area (Å²) < 4.78 is 0. The Labute approximate surface area is 66.6 Å². The molecule has 0 bridgehead atoms. The summed E-state index contributed by atoms with van der Waals surface area (Å²) >= 11 is 0. The smallest absolute Gasteiger partial charge is 0.348 e. The van der Waals surface area contributed by atoms with Crippen LogP contribution in [0.25, 0.3) is 0 Å². The monoisotopic (exact) mass is 171 g/mol. The van der Waals surface area contributed by atoms with Gasteiger partial charge in [0.05, 0.1) is 0 Å². The fraction of sp³-hybridized carbons (Fsp3) is 0.200. The first kappa shape index (κ1) is 8.18. The molecule has 1 saturated heterocycles. The number of hydrazone groups is 1. The van der Waals surface area contributed by atoms with Gasteiger partial charge in [0.2, 0.25) is 5.91 Å². The van der Waals surface area contributed by atoms with Crippen LogP contribution in [-0.2, 0) is 9.59 Å². The number of amides is 3. The molecule has 0 aromatic heterocycles. The molecule has 0 aromatic carbocycles. The third kappa shape index (κ3) is 1.78. The minimum Gasteiger partial charge on any atom is -0.477 e. The van der Waals surface area contributed by atoms with Crippen molar-refractivity contribution in [1.29, 1.82) is 0 Å². The van der Waals surface area contributed by atoms with Gasteiger partial charge in [0, 0.05) is 0 Å². The molecule has 1 heterocycles. The molecule has 0 aromatic rings. The fourth-order valence-corrected chi connectivity index (χ4v) is 0.643. The van der Waals surface area contributed by atoms with Gasteiger partial charge in [-0.25, -0.2) is 14.6 Å². The molecule has 0 atom stereocenters. The molecule has 1 rings (SSSR count). The molecule has 7 nitrogen and oxygen atoms in total. The normalized spacial score (nSPS) is 17.2. The van der Waals surface area contributed by atoms with Gasteiger partial charge in [0.25, 0.3) is 0 Å². The Kier molecular flexibility index (Phi) is 2.04. The van der Waals surface area contributed by atoms with Crippen LogP contribution < -0.4 is 5.32 Å². The Balaban J connectivity index is 2.59. The van der Waals surface area contributed by atoms with Crippen LogP contribution in [0.5, 0.6) is 0 Å². The lowest BCUT2D eigenvalue weighted by Gasteiger charge is -2.01. The molecule has 7 heteroatoms. The molecule has 1 aliphatic heterocycles. The Bertz CT molecular complexity index is 272. The highest BCUT2D eigenvalue weighted by Crippen LogP contribution is 1.96. The first-order valence-corrected chi connectivity index (χ1v) is 2.98. The lowest BCUT2D eigenvalue weighted by molar-refractivity contribution is -0.129. The molecule has 0 aliphatic carbocycles. The van der Waals surface area contributed by atoms with Gasteiger partial charge in [0.15, 0.2) is 0 Å². The van der Waals surface area contributed by atoms with Crippen LogP contribution in [0.3, 0.4) is 0 Å². The summed E-state index contributed by atoms with van der Waals surface area (Å²) in [6.07, 6.45) is 0.540. The Morgan fingerprint density at radius 3 is 2.75 bits per heavy atom. The van der Waals surface area contributed by atoms with Crippen LogP contribution in [-0.4, -0.2) is 40.8 Å². The van der Waals surface area contributed by atoms with Gasteiger partial charge in [-0.3, -0.25) is 10.1 Å². The van der Waals surface area contributed by atoms with E-state index in [1.54, 1.807) is 0 Å². The topological polar surface area (TPSA) is 99.1 Å². The van der Waals surface area contributed by atoms with Gasteiger partial charge in [0.1, 0.15) is 12.8 Å². The summed E-state index contributed by atoms with van der Waals surface area (Å²) in [6.45, 7) is -0.234. The SMILES string of the molecule is O=C(O)/C=N\N1CC(=O)NC1=O. The molecule has 12 heavy (non-hydrogen) atoms. The van der Waals surface area contributed by atoms with Crippen LogP contribution in [0, 0.1) is 0 Å². The Morgan fingerprint density at radius 2 is 2.33 bits per heavy atom. The van der Waals surface area contributed by atoms with E-state index in [4.69, 9.17) is 5.11 Å². The fourth-order valence-electron chi connectivity index (χ4n) is 0.643. The summed E-state index contributed by atoms with van der Waals surface area (Å²) in [5, 5.41) is 14.0. The average Bonchev–Trinajstić information content (AvgIpc) is 2.26. The van der Waals surface area contributed by atoms with Crippen LogP contribution >= 0.6 is 0 Å². The van der Waals surface area contributed by atoms with Crippen molar-refractivity contribution in [3.63, 3.8) is 0 Å². The number of urea groups is 1. The van der Waals surface area contributed by atoms with Crippen molar-refractivity contribution in [2.75, 3.05) is 6.54 Å². The summed E-state index contributed by atoms with van der Waals surface area (Å²) in [4.78, 5) is 31.1. The molecular formula is C5H5N3O4. The number of hydrogen-bond acceptors (Lipinski definition) is 4. The molecule has 1 aliphatic rings. The molecule has 0 spiro atoms. The van der Waals surface area contributed by atoms with Gasteiger partial charge in [-0.05, 0) is 0 Å². The van der Waals surface area contributed by atoms with Crippen molar-refractivity contribution in [3.05, 3.63) is 0 Å². The standard InChI is InChI=1S/C5H5N3O4/c9-3-2-8(5(12)7-3)6-1-4(10)11/h1H,2H2,(H,10,11)(H,7,9,12)/b6-1-. The van der Waals surface area contributed by atoms with Crippen molar-refractivity contribution in [1.82, 2.24) is 10.3 Å². The van der Waals surface area contributed by atoms with E-state index < -0.39 is 17.9 Å². The first-order valence-electron chi connectivity index (χ1n) is 2.98. The van der Waals surface area contributed by atoms with E-state index in [0.29, 0.717) is 6.21 Å². The number of carbonyl (C=O) groups excluding carboxylic acids is 2. The number of nitrogens with one attached hydrogen (secondary N) is 1. The van der Waals surface area contributed by atoms with Crippen LogP contribution in [0.4, 0.5) is 4.79 Å². The first-order chi connectivity index (χ1) is 5.59. The highest BCUT2D eigenvalue weighted by Gasteiger charge is 2.25. The number of hydrogen-bond donors (Lipinski definition) is 2. The van der Waals surface area contributed by atoms with Gasteiger partial charge >= 0.3 is 12.0 Å². The van der Waals surface area contributed by atoms with Crippen LogP contribution in [0.15, 0.2) is 5.10 Å². The molecular weight excluding hydrogens is 166 g/mol. The largest absolute Gasteiger partial charge is 0.477 e. The maximum Gasteiger partial charge on any atom is 0.348 e. The van der Waals surface area contributed by atoms with Gasteiger partial charge in [-0.1, -0.05) is 0 Å². The highest BCUT2D eigenvalue weighted by atomic mass is 16.4. The van der Waals surface area contributed by atoms with Crippen LogP contribution in [0.2, 0.25) is 0 Å². The number of carboxylic acids is 1. The molecule has 0 radical (unpaired) electrons. The molecule has 2 N–H and O–H groups in total. The zero-order valence-corrected chi connectivity index (χ0v) is 5.85. The van der Waals surface area contributed by atoms with Gasteiger partial charge in [-0.15, -0.1) is 0 Å². The summed E-state index contributed by atoms with van der Waals surface area (Å²) in [5.74, 6) is -1.77. The van der Waals surface area contributed by atoms with Crippen molar-refractivity contribution < 1.29 is 19.5 Å². The van der Waals surface area contributed by atoms with Crippen molar-refractivity contribution in [2.24, 2.45) is 5.10 Å². The molecule has 64 valence electrons. The molecule has 1 fully saturated rings. The van der Waals surface area contributed by atoms with E-state index in [0.717, 1.165) is 5.01 Å². The number of carboxylic acid groups (broad SMARTS) is 1. The minimum absolute atomic E-state index is 0.234. The third-order valence-corrected chi connectivity index (χ3v) is 1.08. The number of aliphatic carboxylic acids is 1. The second-order valence-corrected chi connectivity index (χ2v) is 1.99. The zero-order valence-electron chi connectivity index (χ0n) is 5.85. The second kappa shape index (κ2) is 2.99. The van der Waals surface area contributed by atoms with E-state index in [-0.39, 0.29) is 6.54 Å². The summed E-state index contributed by atoms with van der Waals surface area (Å²) in [7, 11) is 0. The zero-order chi connectivity index (χ0) is 9.14. The van der Waals surface area contributed by atoms with Gasteiger partial charge in [-0.2, -0.15) is 5.10 Å². The van der Waals surface area contributed by atoms with Crippen molar-refractivity contribution in [3.8, 4) is 0 Å². The van der Waals surface area contributed by atoms with E-state index in [1.165, 1.54) is 0 Å². The number of carbonyl (C=O) groups is 3. The summed E-state index contributed by atoms with van der Waals surface area (Å²) in [6, 6.07) is -0.711. The lowest BCUT2D eigenvalue weighted by Crippen LogP contribution is -2.24. The Morgan fingerprint density at radius 1 is 1.67 bits per heavy atom. The quantitative estimate of drug-likeness (QED) is 0.394. The lowest BCUT2D eigenvalue weighted by atomic mass is 10.6. The van der Waals surface area contributed by atoms with Crippen molar-refractivity contribution >= 4 is 24.1 Å². The van der Waals surface area contributed by atoms with E-state index in [9.17, 15) is 14.4 Å². The third-order valence-electron chi connectivity index (χ3n) is 1.08. The molecule has 0 saturated carbocycles. The second-order valence-electron chi connectivity index (χ2n) is 1.99. The van der Waals surface area contributed by atoms with Gasteiger partial charge < -0.3 is 5.11 Å². The van der Waals surface area contributed by atoms with E-state index in [2.05, 4.69) is 5.10 Å². The average molecular weight is 171 g/mol. The predicted octanol–water partition coefficient (Wildman–Crippen LogP) is -1.39. The van der Waals surface area contributed by atoms with Crippen molar-refractivity contribution in [2.45, 2.75) is 0 Å². The van der Waals surface area contributed by atoms with E-state index in [1.807, 2.05) is 5.32 Å². The van der Waals surface area contributed by atoms with Crippen LogP contribution in [0.1, 0.15) is 0 Å². The van der Waals surface area contributed by atoms with E-state index >= 15 is 0 Å². The predicted molar refractivity (Wildman–Crippen MR) is 36.4 cm³/mol. The number of imide groups is 1. The maximum absolute atomic E-state index is 10.7. The number of rotatable bonds is 2. The Hall–Kier alpha value is -1.92. The maximum atomic E-state index is 10.7. The number of nitrogens with zero attached hydrogens (tertiary/aromatic N) is 2. The molecule has 0 unspecified atom stereocenters.